The van der Waals surface area contributed by atoms with Crippen LogP contribution in [0.25, 0.3) is 0 Å². The second-order valence-corrected chi connectivity index (χ2v) is 22.6. The number of nitrogens with two attached hydrogens (primary N) is 2. The first kappa shape index (κ1) is 77.8. The van der Waals surface area contributed by atoms with Gasteiger partial charge in [-0.1, -0.05) is 233 Å². The number of hydrogen-bond donors (Lipinski definition) is 8. The molecule has 0 aliphatic carbocycles. The molecule has 0 aromatic heterocycles. The summed E-state index contributed by atoms with van der Waals surface area (Å²) in [5, 5.41) is 21.8. The number of rotatable bonds is 59. The molecule has 19 nitrogen and oxygen atoms in total. The quantitative estimate of drug-likeness (QED) is 0.0125. The van der Waals surface area contributed by atoms with Gasteiger partial charge in [0.05, 0.1) is 0 Å². The largest absolute Gasteiger partial charge is 0.370 e. The standard InChI is InChI=1S/C64H121N13O6/c1-5-9-13-17-21-25-29-33-37-41-51-67-74-59(79)49-46-56(62(82)76-69-53-43-39-35-31-27-23-19-15-11-7-3)71-58(78)48-45-55(73-64(65)66)61(81)72-57(63(83)77-70-54-44-40-36-32-28-24-20-16-12-8-4)47-50-60(80)75-68-52-42-38-34-30-26-22-18-14-10-6-2/h51-57H,5-50H2,1-4H3,(H,71,78)(H,72,81)(H,74,79)(H,75,80)(H,76,82)(H,77,83)(H4,65,66,73)/b67-51+,68-52+,69-53+,70-54+/t55-,56-,57-/m0/s1. The third-order valence-electron chi connectivity index (χ3n) is 14.7. The summed E-state index contributed by atoms with van der Waals surface area (Å²) in [6.07, 6.45) is 51.5. The van der Waals surface area contributed by atoms with E-state index in [0.29, 0.717) is 12.8 Å². The summed E-state index contributed by atoms with van der Waals surface area (Å²) in [4.78, 5) is 84.5. The summed E-state index contributed by atoms with van der Waals surface area (Å²) in [5.41, 5.74) is 21.6. The molecule has 10 N–H and O–H groups in total. The summed E-state index contributed by atoms with van der Waals surface area (Å²) in [6.45, 7) is 8.87. The molecule has 0 saturated carbocycles. The van der Waals surface area contributed by atoms with Crippen molar-refractivity contribution in [2.75, 3.05) is 0 Å². The molecule has 0 saturated heterocycles. The van der Waals surface area contributed by atoms with E-state index in [1.165, 1.54) is 167 Å². The van der Waals surface area contributed by atoms with Crippen molar-refractivity contribution in [3.63, 3.8) is 0 Å². The van der Waals surface area contributed by atoms with Gasteiger partial charge in [0.2, 0.25) is 23.6 Å². The summed E-state index contributed by atoms with van der Waals surface area (Å²) < 4.78 is 0. The number of nitrogens with zero attached hydrogens (tertiary/aromatic N) is 5. The van der Waals surface area contributed by atoms with Crippen LogP contribution < -0.4 is 43.8 Å². The van der Waals surface area contributed by atoms with E-state index in [4.69, 9.17) is 11.5 Å². The van der Waals surface area contributed by atoms with Crippen LogP contribution in [0.1, 0.15) is 323 Å². The fraction of sp³-hybridized carbons (Fsp3) is 0.828. The summed E-state index contributed by atoms with van der Waals surface area (Å²) >= 11 is 0. The van der Waals surface area contributed by atoms with Crippen LogP contribution >= 0.6 is 0 Å². The van der Waals surface area contributed by atoms with E-state index >= 15 is 0 Å². The van der Waals surface area contributed by atoms with Crippen molar-refractivity contribution >= 4 is 66.3 Å². The SMILES string of the molecule is CCCCCCCCCCC/C=N/NC(=O)CC[C@H](NC(=O)CC[C@H](N=C(N)N)C(=O)N[C@@H](CCC(=O)N/N=C/CCCCCCCCCCC)C(=O)N/N=C/CCCCCCCCCCC)C(=O)N/N=C/CCCCCCCCCCC. The lowest BCUT2D eigenvalue weighted by molar-refractivity contribution is -0.131. The van der Waals surface area contributed by atoms with Crippen LogP contribution in [0.5, 0.6) is 0 Å². The van der Waals surface area contributed by atoms with Crippen LogP contribution in [0.3, 0.4) is 0 Å². The summed E-state index contributed by atoms with van der Waals surface area (Å²) in [5.74, 6) is -3.93. The van der Waals surface area contributed by atoms with E-state index in [-0.39, 0.29) is 38.5 Å². The van der Waals surface area contributed by atoms with E-state index < -0.39 is 59.5 Å². The predicted octanol–water partition coefficient (Wildman–Crippen LogP) is 13.0. The number of hydrogen-bond acceptors (Lipinski definition) is 11. The summed E-state index contributed by atoms with van der Waals surface area (Å²) in [7, 11) is 0. The molecular formula is C64H121N13O6. The maximum absolute atomic E-state index is 13.9. The van der Waals surface area contributed by atoms with Crippen molar-refractivity contribution in [3.05, 3.63) is 0 Å². The Balaban J connectivity index is 5.78. The number of nitrogens with one attached hydrogen (secondary N) is 6. The Morgan fingerprint density at radius 3 is 0.892 bits per heavy atom. The first-order valence-corrected chi connectivity index (χ1v) is 33.4. The molecule has 0 fully saturated rings. The van der Waals surface area contributed by atoms with Crippen molar-refractivity contribution in [2.24, 2.45) is 36.9 Å². The highest BCUT2D eigenvalue weighted by molar-refractivity contribution is 5.93. The molecule has 83 heavy (non-hydrogen) atoms. The molecule has 0 aromatic rings. The summed E-state index contributed by atoms with van der Waals surface area (Å²) in [6, 6.07) is -3.71. The van der Waals surface area contributed by atoms with Crippen molar-refractivity contribution in [1.29, 1.82) is 0 Å². The Bertz CT molecular complexity index is 1770. The predicted molar refractivity (Wildman–Crippen MR) is 345 cm³/mol. The Morgan fingerprint density at radius 2 is 0.590 bits per heavy atom. The number of hydrazone groups is 4. The molecule has 6 amide bonds. The van der Waals surface area contributed by atoms with Crippen LogP contribution in [0.4, 0.5) is 0 Å². The molecule has 0 radical (unpaired) electrons. The Labute approximate surface area is 503 Å². The van der Waals surface area contributed by atoms with E-state index in [2.05, 4.69) is 85.4 Å². The molecule has 19 heteroatoms. The molecule has 3 atom stereocenters. The Hall–Kier alpha value is -5.23. The van der Waals surface area contributed by atoms with Gasteiger partial charge in [0.15, 0.2) is 5.96 Å². The van der Waals surface area contributed by atoms with Crippen LogP contribution in [-0.2, 0) is 28.8 Å². The van der Waals surface area contributed by atoms with Gasteiger partial charge in [0.1, 0.15) is 18.1 Å². The first-order chi connectivity index (χ1) is 40.5. The molecule has 0 rings (SSSR count). The van der Waals surface area contributed by atoms with Gasteiger partial charge in [0, 0.05) is 44.1 Å². The number of guanidine groups is 1. The number of carbonyl (C=O) groups excluding carboxylic acids is 6. The molecule has 0 aliphatic heterocycles. The minimum Gasteiger partial charge on any atom is -0.370 e. The lowest BCUT2D eigenvalue weighted by atomic mass is 10.1. The van der Waals surface area contributed by atoms with Gasteiger partial charge in [-0.3, -0.25) is 28.8 Å². The van der Waals surface area contributed by atoms with Gasteiger partial charge in [-0.15, -0.1) is 0 Å². The molecule has 0 spiro atoms. The van der Waals surface area contributed by atoms with Gasteiger partial charge in [-0.05, 0) is 70.6 Å². The first-order valence-electron chi connectivity index (χ1n) is 33.4. The second-order valence-electron chi connectivity index (χ2n) is 22.6. The fourth-order valence-corrected chi connectivity index (χ4v) is 9.49. The van der Waals surface area contributed by atoms with Crippen LogP contribution in [0.15, 0.2) is 25.4 Å². The average molecular weight is 1170 g/mol. The smallest absolute Gasteiger partial charge is 0.262 e. The molecule has 478 valence electrons. The van der Waals surface area contributed by atoms with Gasteiger partial charge >= 0.3 is 0 Å². The highest BCUT2D eigenvalue weighted by Crippen LogP contribution is 2.15. The van der Waals surface area contributed by atoms with Crippen LogP contribution in [-0.4, -0.2) is 84.4 Å². The lowest BCUT2D eigenvalue weighted by Gasteiger charge is -2.20. The van der Waals surface area contributed by atoms with Crippen molar-refractivity contribution in [2.45, 2.75) is 341 Å². The maximum Gasteiger partial charge on any atom is 0.262 e. The molecular weight excluding hydrogens is 1050 g/mol. The van der Waals surface area contributed by atoms with E-state index in [0.717, 1.165) is 77.0 Å². The highest BCUT2D eigenvalue weighted by Gasteiger charge is 2.28. The van der Waals surface area contributed by atoms with Gasteiger partial charge in [-0.2, -0.15) is 20.4 Å². The van der Waals surface area contributed by atoms with Crippen molar-refractivity contribution in [1.82, 2.24) is 32.3 Å². The number of amides is 6. The molecule has 0 heterocycles. The average Bonchev–Trinajstić information content (AvgIpc) is 3.48. The van der Waals surface area contributed by atoms with E-state index in [9.17, 15) is 28.8 Å². The normalized spacial score (nSPS) is 12.7. The molecule has 0 aliphatic rings. The van der Waals surface area contributed by atoms with Crippen LogP contribution in [0, 0.1) is 0 Å². The second kappa shape index (κ2) is 59.9. The number of aliphatic imine (C=N–C) groups is 1. The number of carbonyl (C=O) groups is 6. The zero-order valence-electron chi connectivity index (χ0n) is 52.9. The third-order valence-corrected chi connectivity index (χ3v) is 14.7. The Kier molecular flexibility index (Phi) is 56.1. The highest BCUT2D eigenvalue weighted by atomic mass is 16.2. The van der Waals surface area contributed by atoms with Crippen molar-refractivity contribution < 1.29 is 28.8 Å². The minimum atomic E-state index is -1.33. The van der Waals surface area contributed by atoms with Crippen LogP contribution in [0.2, 0.25) is 0 Å². The van der Waals surface area contributed by atoms with Gasteiger partial charge < -0.3 is 22.1 Å². The maximum atomic E-state index is 13.9. The minimum absolute atomic E-state index is 0.0561. The zero-order valence-corrected chi connectivity index (χ0v) is 52.9. The van der Waals surface area contributed by atoms with E-state index in [1.54, 1.807) is 24.9 Å². The zero-order chi connectivity index (χ0) is 60.9. The molecule has 0 unspecified atom stereocenters. The monoisotopic (exact) mass is 1170 g/mol. The molecule has 0 bridgehead atoms. The molecule has 0 aromatic carbocycles. The third kappa shape index (κ3) is 53.3. The number of unbranched alkanes of at least 4 members (excludes halogenated alkanes) is 36. The topological polar surface area (TPSA) is 288 Å². The van der Waals surface area contributed by atoms with Crippen molar-refractivity contribution in [3.8, 4) is 0 Å². The lowest BCUT2D eigenvalue weighted by Crippen LogP contribution is -2.49. The van der Waals surface area contributed by atoms with E-state index in [1.807, 2.05) is 0 Å². The fourth-order valence-electron chi connectivity index (χ4n) is 9.49. The van der Waals surface area contributed by atoms with Gasteiger partial charge in [0.25, 0.3) is 11.8 Å². The van der Waals surface area contributed by atoms with Gasteiger partial charge in [-0.25, -0.2) is 26.7 Å². The Morgan fingerprint density at radius 1 is 0.325 bits per heavy atom.